The van der Waals surface area contributed by atoms with Crippen LogP contribution in [0.25, 0.3) is 0 Å². The van der Waals surface area contributed by atoms with Crippen LogP contribution < -0.4 is 9.64 Å². The van der Waals surface area contributed by atoms with Crippen LogP contribution in [0.5, 0.6) is 5.88 Å². The molecule has 1 spiro atoms. The van der Waals surface area contributed by atoms with Gasteiger partial charge >= 0.3 is 6.18 Å². The lowest BCUT2D eigenvalue weighted by Crippen LogP contribution is -2.46. The number of aromatic nitrogens is 1. The molecule has 27 heavy (non-hydrogen) atoms. The van der Waals surface area contributed by atoms with E-state index >= 15 is 0 Å². The summed E-state index contributed by atoms with van der Waals surface area (Å²) in [5.41, 5.74) is -0.606. The molecule has 2 heterocycles. The monoisotopic (exact) mass is 386 g/mol. The van der Waals surface area contributed by atoms with E-state index < -0.39 is 23.8 Å². The van der Waals surface area contributed by atoms with Gasteiger partial charge in [0.2, 0.25) is 11.8 Å². The number of anilines is 1. The minimum Gasteiger partial charge on any atom is -0.468 e. The number of carbonyl (C=O) groups is 1. The van der Waals surface area contributed by atoms with E-state index in [0.29, 0.717) is 44.3 Å². The molecule has 150 valence electrons. The van der Waals surface area contributed by atoms with Gasteiger partial charge in [0.15, 0.2) is 6.61 Å². The molecular formula is C19H25F3N2O3. The summed E-state index contributed by atoms with van der Waals surface area (Å²) < 4.78 is 41.2. The summed E-state index contributed by atoms with van der Waals surface area (Å²) >= 11 is 0. The molecule has 1 aliphatic carbocycles. The number of ether oxygens (including phenoxy) is 1. The lowest BCUT2D eigenvalue weighted by molar-refractivity contribution is -0.154. The van der Waals surface area contributed by atoms with Gasteiger partial charge in [0.1, 0.15) is 0 Å². The molecular weight excluding hydrogens is 361 g/mol. The first-order valence-electron chi connectivity index (χ1n) is 9.25. The lowest BCUT2D eigenvalue weighted by Gasteiger charge is -2.43. The van der Waals surface area contributed by atoms with Gasteiger partial charge in [-0.15, -0.1) is 0 Å². The summed E-state index contributed by atoms with van der Waals surface area (Å²) in [6, 6.07) is 2.90. The number of nitrogens with zero attached hydrogens (tertiary/aromatic N) is 2. The molecule has 0 aromatic carbocycles. The maximum Gasteiger partial charge on any atom is 0.422 e. The van der Waals surface area contributed by atoms with E-state index in [4.69, 9.17) is 0 Å². The number of amides is 1. The third kappa shape index (κ3) is 4.05. The Bertz CT molecular complexity index is 680. The third-order valence-electron chi connectivity index (χ3n) is 6.08. The predicted octanol–water partition coefficient (Wildman–Crippen LogP) is 3.71. The van der Waals surface area contributed by atoms with E-state index in [-0.39, 0.29) is 17.7 Å². The van der Waals surface area contributed by atoms with Gasteiger partial charge in [-0.05, 0) is 44.1 Å². The number of alkyl halides is 3. The smallest absolute Gasteiger partial charge is 0.422 e. The van der Waals surface area contributed by atoms with Crippen LogP contribution in [0.4, 0.5) is 18.9 Å². The summed E-state index contributed by atoms with van der Waals surface area (Å²) in [4.78, 5) is 18.6. The predicted molar refractivity (Wildman–Crippen MR) is 93.4 cm³/mol. The number of hydrogen-bond acceptors (Lipinski definition) is 4. The van der Waals surface area contributed by atoms with Gasteiger partial charge in [0.05, 0.1) is 22.9 Å². The Labute approximate surface area is 156 Å². The van der Waals surface area contributed by atoms with Crippen molar-refractivity contribution >= 4 is 11.6 Å². The molecule has 1 N–H and O–H groups in total. The van der Waals surface area contributed by atoms with Gasteiger partial charge in [-0.1, -0.05) is 13.8 Å². The number of pyridine rings is 1. The van der Waals surface area contributed by atoms with E-state index in [1.807, 2.05) is 13.8 Å². The highest BCUT2D eigenvalue weighted by Crippen LogP contribution is 2.50. The largest absolute Gasteiger partial charge is 0.468 e. The van der Waals surface area contributed by atoms with Crippen molar-refractivity contribution in [2.75, 3.05) is 18.1 Å². The third-order valence-corrected chi connectivity index (χ3v) is 6.08. The average molecular weight is 386 g/mol. The minimum absolute atomic E-state index is 0.0130. The van der Waals surface area contributed by atoms with Crippen molar-refractivity contribution in [1.82, 2.24) is 4.98 Å². The van der Waals surface area contributed by atoms with Crippen molar-refractivity contribution in [2.24, 2.45) is 11.3 Å². The molecule has 1 aromatic heterocycles. The van der Waals surface area contributed by atoms with Crippen LogP contribution in [0.15, 0.2) is 18.3 Å². The number of rotatable bonds is 4. The van der Waals surface area contributed by atoms with Crippen LogP contribution in [-0.2, 0) is 4.79 Å². The Kier molecular flexibility index (Phi) is 5.14. The van der Waals surface area contributed by atoms with Crippen molar-refractivity contribution in [2.45, 2.75) is 57.7 Å². The second-order valence-corrected chi connectivity index (χ2v) is 8.00. The zero-order valence-electron chi connectivity index (χ0n) is 15.6. The standard InChI is InChI=1S/C19H25F3N2O3/c1-13(2)18(26)7-5-17(6-8-18)9-10-24(16(17)25)14-3-4-15(23-11-14)27-12-19(20,21)22/h3-4,11,13,26H,5-10,12H2,1-2H3/t17-,18+. The molecule has 1 amide bonds. The molecule has 5 nitrogen and oxygen atoms in total. The highest BCUT2D eigenvalue weighted by molar-refractivity contribution is 5.99. The van der Waals surface area contributed by atoms with Crippen molar-refractivity contribution < 1.29 is 27.8 Å². The van der Waals surface area contributed by atoms with Crippen LogP contribution >= 0.6 is 0 Å². The fourth-order valence-electron chi connectivity index (χ4n) is 4.04. The highest BCUT2D eigenvalue weighted by Gasteiger charge is 2.52. The molecule has 3 rings (SSSR count). The second kappa shape index (κ2) is 6.96. The Morgan fingerprint density at radius 3 is 2.41 bits per heavy atom. The topological polar surface area (TPSA) is 62.7 Å². The van der Waals surface area contributed by atoms with E-state index in [1.165, 1.54) is 12.3 Å². The van der Waals surface area contributed by atoms with Crippen LogP contribution in [0, 0.1) is 11.3 Å². The van der Waals surface area contributed by atoms with Gasteiger partial charge in [-0.3, -0.25) is 4.79 Å². The molecule has 0 bridgehead atoms. The van der Waals surface area contributed by atoms with Crippen molar-refractivity contribution in [3.8, 4) is 5.88 Å². The van der Waals surface area contributed by atoms with Crippen LogP contribution in [0.3, 0.4) is 0 Å². The average Bonchev–Trinajstić information content (AvgIpc) is 2.92. The Hall–Kier alpha value is -1.83. The van der Waals surface area contributed by atoms with Gasteiger partial charge in [0.25, 0.3) is 0 Å². The quantitative estimate of drug-likeness (QED) is 0.857. The summed E-state index contributed by atoms with van der Waals surface area (Å²) in [6.07, 6.45) is 0.173. The van der Waals surface area contributed by atoms with Crippen molar-refractivity contribution in [3.63, 3.8) is 0 Å². The first-order valence-corrected chi connectivity index (χ1v) is 9.25. The molecule has 8 heteroatoms. The van der Waals surface area contributed by atoms with Gasteiger partial charge in [-0.25, -0.2) is 4.98 Å². The van der Waals surface area contributed by atoms with Crippen molar-refractivity contribution in [1.29, 1.82) is 0 Å². The normalized spacial score (nSPS) is 29.0. The summed E-state index contributed by atoms with van der Waals surface area (Å²) in [6.45, 7) is 3.14. The highest BCUT2D eigenvalue weighted by atomic mass is 19.4. The molecule has 1 aliphatic heterocycles. The fourth-order valence-corrected chi connectivity index (χ4v) is 4.04. The van der Waals surface area contributed by atoms with E-state index in [9.17, 15) is 23.1 Å². The second-order valence-electron chi connectivity index (χ2n) is 8.00. The SMILES string of the molecule is CC(C)[C@]1(O)CC[C@]2(CCN(c3ccc(OCC(F)(F)F)nc3)C2=O)CC1. The molecule has 0 unspecified atom stereocenters. The Morgan fingerprint density at radius 1 is 1.22 bits per heavy atom. The molecule has 0 atom stereocenters. The minimum atomic E-state index is -4.42. The first kappa shape index (κ1) is 19.9. The number of hydrogen-bond donors (Lipinski definition) is 1. The first-order chi connectivity index (χ1) is 12.5. The summed E-state index contributed by atoms with van der Waals surface area (Å²) in [5.74, 6) is 0.0343. The molecule has 1 saturated carbocycles. The Morgan fingerprint density at radius 2 is 1.89 bits per heavy atom. The molecule has 1 aromatic rings. The summed E-state index contributed by atoms with van der Waals surface area (Å²) in [5, 5.41) is 10.7. The zero-order chi connectivity index (χ0) is 19.9. The fraction of sp³-hybridized carbons (Fsp3) is 0.684. The molecule has 1 saturated heterocycles. The van der Waals surface area contributed by atoms with E-state index in [0.717, 1.165) is 0 Å². The van der Waals surface area contributed by atoms with Crippen LogP contribution in [-0.4, -0.2) is 40.9 Å². The van der Waals surface area contributed by atoms with E-state index in [2.05, 4.69) is 9.72 Å². The van der Waals surface area contributed by atoms with Crippen molar-refractivity contribution in [3.05, 3.63) is 18.3 Å². The van der Waals surface area contributed by atoms with Crippen LogP contribution in [0.1, 0.15) is 46.0 Å². The number of halogens is 3. The van der Waals surface area contributed by atoms with Crippen LogP contribution in [0.2, 0.25) is 0 Å². The maximum atomic E-state index is 13.0. The number of aliphatic hydroxyl groups is 1. The Balaban J connectivity index is 1.65. The lowest BCUT2D eigenvalue weighted by atomic mass is 9.65. The van der Waals surface area contributed by atoms with Gasteiger partial charge < -0.3 is 14.7 Å². The molecule has 0 radical (unpaired) electrons. The zero-order valence-corrected chi connectivity index (χ0v) is 15.6. The van der Waals surface area contributed by atoms with E-state index in [1.54, 1.807) is 11.0 Å². The van der Waals surface area contributed by atoms with Gasteiger partial charge in [0, 0.05) is 12.6 Å². The molecule has 2 aliphatic rings. The molecule has 2 fully saturated rings. The number of carbonyl (C=O) groups excluding carboxylic acids is 1. The summed E-state index contributed by atoms with van der Waals surface area (Å²) in [7, 11) is 0. The van der Waals surface area contributed by atoms with Gasteiger partial charge in [-0.2, -0.15) is 13.2 Å². The maximum absolute atomic E-state index is 13.0.